The van der Waals surface area contributed by atoms with Gasteiger partial charge in [-0.1, -0.05) is 18.7 Å². The second-order valence-corrected chi connectivity index (χ2v) is 5.76. The minimum Gasteiger partial charge on any atom is -0.261 e. The van der Waals surface area contributed by atoms with Crippen LogP contribution in [0.3, 0.4) is 0 Å². The molecule has 0 N–H and O–H groups in total. The Kier molecular flexibility index (Phi) is 2.72. The molecule has 0 aliphatic heterocycles. The van der Waals surface area contributed by atoms with Gasteiger partial charge in [-0.15, -0.1) is 11.3 Å². The highest BCUT2D eigenvalue weighted by Crippen LogP contribution is 2.30. The topological polar surface area (TPSA) is 38.7 Å². The van der Waals surface area contributed by atoms with Crippen LogP contribution in [0.4, 0.5) is 0 Å². The Bertz CT molecular complexity index is 691. The van der Waals surface area contributed by atoms with E-state index in [0.717, 1.165) is 37.7 Å². The minimum absolute atomic E-state index is 0.847. The zero-order valence-corrected chi connectivity index (χ0v) is 11.2. The molecule has 0 unspecified atom stereocenters. The Balaban J connectivity index is 2.37. The van der Waals surface area contributed by atoms with Gasteiger partial charge in [-0.25, -0.2) is 9.97 Å². The maximum absolute atomic E-state index is 4.60. The van der Waals surface area contributed by atoms with Gasteiger partial charge in [0.05, 0.1) is 10.2 Å². The average Bonchev–Trinajstić information content (AvgIpc) is 2.77. The van der Waals surface area contributed by atoms with E-state index in [9.17, 15) is 0 Å². The normalized spacial score (nSPS) is 11.4. The third-order valence-corrected chi connectivity index (χ3v) is 4.65. The molecule has 86 valence electrons. The number of rotatable bonds is 2. The summed E-state index contributed by atoms with van der Waals surface area (Å²) in [6.07, 6.45) is 4.79. The van der Waals surface area contributed by atoms with Crippen LogP contribution in [0.1, 0.15) is 12.6 Å². The van der Waals surface area contributed by atoms with Crippen molar-refractivity contribution in [3.63, 3.8) is 0 Å². The van der Waals surface area contributed by atoms with Gasteiger partial charge in [0, 0.05) is 17.3 Å². The van der Waals surface area contributed by atoms with E-state index in [2.05, 4.69) is 27.9 Å². The molecule has 3 nitrogen and oxygen atoms in total. The van der Waals surface area contributed by atoms with Crippen LogP contribution in [-0.4, -0.2) is 21.2 Å². The van der Waals surface area contributed by atoms with E-state index in [4.69, 9.17) is 0 Å². The van der Waals surface area contributed by atoms with E-state index in [-0.39, 0.29) is 0 Å². The predicted octanol–water partition coefficient (Wildman–Crippen LogP) is 3.52. The lowest BCUT2D eigenvalue weighted by Crippen LogP contribution is -1.90. The predicted molar refractivity (Wildman–Crippen MR) is 73.9 cm³/mol. The number of aromatic nitrogens is 3. The lowest BCUT2D eigenvalue weighted by Gasteiger charge is -2.01. The molecule has 17 heavy (non-hydrogen) atoms. The molecular formula is C12H11N3S2. The van der Waals surface area contributed by atoms with Crippen LogP contribution < -0.4 is 0 Å². The lowest BCUT2D eigenvalue weighted by atomic mass is 10.1. The Hall–Kier alpha value is -1.20. The smallest absolute Gasteiger partial charge is 0.172 e. The fourth-order valence-corrected chi connectivity index (χ4v) is 3.31. The first-order valence-electron chi connectivity index (χ1n) is 5.41. The molecule has 3 rings (SSSR count). The van der Waals surface area contributed by atoms with Crippen molar-refractivity contribution in [2.24, 2.45) is 0 Å². The van der Waals surface area contributed by atoms with Gasteiger partial charge in [0.2, 0.25) is 0 Å². The standard InChI is InChI=1S/C12H11N3S2/c1-3-8-7-6-10-11(15-12(16-2)17-10)14-9(7)4-5-13-8/h4-6H,3H2,1-2H3. The van der Waals surface area contributed by atoms with Gasteiger partial charge in [0.25, 0.3) is 0 Å². The third-order valence-electron chi connectivity index (χ3n) is 2.68. The van der Waals surface area contributed by atoms with Gasteiger partial charge in [-0.2, -0.15) is 0 Å². The first-order valence-corrected chi connectivity index (χ1v) is 7.45. The van der Waals surface area contributed by atoms with Crippen molar-refractivity contribution in [2.45, 2.75) is 17.7 Å². The zero-order chi connectivity index (χ0) is 11.8. The first kappa shape index (κ1) is 10.9. The number of aryl methyl sites for hydroxylation is 1. The fourth-order valence-electron chi connectivity index (χ4n) is 1.85. The summed E-state index contributed by atoms with van der Waals surface area (Å²) in [5, 5.41) is 1.15. The summed E-state index contributed by atoms with van der Waals surface area (Å²) in [6.45, 7) is 2.12. The van der Waals surface area contributed by atoms with E-state index in [1.807, 2.05) is 18.5 Å². The molecule has 0 aromatic carbocycles. The number of fused-ring (bicyclic) bond motifs is 2. The van der Waals surface area contributed by atoms with Crippen LogP contribution in [0.2, 0.25) is 0 Å². The SMILES string of the molecule is CCc1nccc2nc3nc(SC)sc3cc12. The number of thioether (sulfide) groups is 1. The number of thiazole rings is 1. The van der Waals surface area contributed by atoms with E-state index >= 15 is 0 Å². The number of hydrogen-bond acceptors (Lipinski definition) is 5. The van der Waals surface area contributed by atoms with Crippen molar-refractivity contribution < 1.29 is 0 Å². The molecule has 0 spiro atoms. The Morgan fingerprint density at radius 2 is 2.24 bits per heavy atom. The van der Waals surface area contributed by atoms with Crippen LogP contribution in [-0.2, 0) is 6.42 Å². The van der Waals surface area contributed by atoms with Crippen molar-refractivity contribution in [3.8, 4) is 0 Å². The first-order chi connectivity index (χ1) is 8.31. The van der Waals surface area contributed by atoms with Crippen molar-refractivity contribution in [1.29, 1.82) is 0 Å². The Morgan fingerprint density at radius 1 is 1.35 bits per heavy atom. The minimum atomic E-state index is 0.847. The van der Waals surface area contributed by atoms with E-state index in [1.54, 1.807) is 23.1 Å². The molecule has 0 aliphatic carbocycles. The lowest BCUT2D eigenvalue weighted by molar-refractivity contribution is 1.06. The van der Waals surface area contributed by atoms with Crippen LogP contribution in [0.15, 0.2) is 22.7 Å². The van der Waals surface area contributed by atoms with Gasteiger partial charge in [0.15, 0.2) is 9.99 Å². The molecule has 5 heteroatoms. The average molecular weight is 261 g/mol. The monoisotopic (exact) mass is 261 g/mol. The molecule has 0 radical (unpaired) electrons. The van der Waals surface area contributed by atoms with Crippen molar-refractivity contribution in [2.75, 3.05) is 6.26 Å². The van der Waals surface area contributed by atoms with Gasteiger partial charge in [-0.3, -0.25) is 4.98 Å². The summed E-state index contributed by atoms with van der Waals surface area (Å²) in [5.74, 6) is 0. The third kappa shape index (κ3) is 1.79. The van der Waals surface area contributed by atoms with Crippen LogP contribution in [0.5, 0.6) is 0 Å². The molecule has 3 heterocycles. The van der Waals surface area contributed by atoms with Crippen molar-refractivity contribution >= 4 is 44.3 Å². The van der Waals surface area contributed by atoms with Crippen LogP contribution >= 0.6 is 23.1 Å². The molecule has 0 saturated carbocycles. The van der Waals surface area contributed by atoms with Crippen LogP contribution in [0, 0.1) is 0 Å². The largest absolute Gasteiger partial charge is 0.261 e. The summed E-state index contributed by atoms with van der Waals surface area (Å²) < 4.78 is 2.21. The van der Waals surface area contributed by atoms with Crippen molar-refractivity contribution in [3.05, 3.63) is 24.0 Å². The molecule has 0 fully saturated rings. The second kappa shape index (κ2) is 4.23. The molecule has 0 atom stereocenters. The second-order valence-electron chi connectivity index (χ2n) is 3.67. The summed E-state index contributed by atoms with van der Waals surface area (Å²) in [5.41, 5.74) is 2.94. The van der Waals surface area contributed by atoms with Crippen LogP contribution in [0.25, 0.3) is 21.3 Å². The van der Waals surface area contributed by atoms with E-state index in [0.29, 0.717) is 0 Å². The molecular weight excluding hydrogens is 250 g/mol. The van der Waals surface area contributed by atoms with Gasteiger partial charge in [-0.05, 0) is 24.8 Å². The Labute approximate surface area is 107 Å². The maximum Gasteiger partial charge on any atom is 0.172 e. The number of nitrogens with zero attached hydrogens (tertiary/aromatic N) is 3. The number of pyridine rings is 2. The van der Waals surface area contributed by atoms with Crippen molar-refractivity contribution in [1.82, 2.24) is 15.0 Å². The molecule has 0 saturated heterocycles. The summed E-state index contributed by atoms with van der Waals surface area (Å²) in [7, 11) is 0. The van der Waals surface area contributed by atoms with Gasteiger partial charge in [0.1, 0.15) is 0 Å². The van der Waals surface area contributed by atoms with Gasteiger partial charge < -0.3 is 0 Å². The molecule has 0 bridgehead atoms. The van der Waals surface area contributed by atoms with E-state index in [1.165, 1.54) is 0 Å². The fraction of sp³-hybridized carbons (Fsp3) is 0.250. The maximum atomic E-state index is 4.60. The molecule has 3 aromatic heterocycles. The summed E-state index contributed by atoms with van der Waals surface area (Å²) >= 11 is 3.36. The van der Waals surface area contributed by atoms with Gasteiger partial charge >= 0.3 is 0 Å². The highest BCUT2D eigenvalue weighted by molar-refractivity contribution is 8.00. The molecule has 0 amide bonds. The highest BCUT2D eigenvalue weighted by atomic mass is 32.2. The quantitative estimate of drug-likeness (QED) is 0.662. The molecule has 0 aliphatic rings. The Morgan fingerprint density at radius 3 is 3.00 bits per heavy atom. The van der Waals surface area contributed by atoms with E-state index < -0.39 is 0 Å². The summed E-state index contributed by atoms with van der Waals surface area (Å²) in [4.78, 5) is 13.5. The number of hydrogen-bond donors (Lipinski definition) is 0. The highest BCUT2D eigenvalue weighted by Gasteiger charge is 2.08. The zero-order valence-electron chi connectivity index (χ0n) is 9.60. The summed E-state index contributed by atoms with van der Waals surface area (Å²) in [6, 6.07) is 4.12. The molecule has 3 aromatic rings.